The Kier molecular flexibility index (Phi) is 4.29. The van der Waals surface area contributed by atoms with Gasteiger partial charge in [0.1, 0.15) is 11.8 Å². The minimum absolute atomic E-state index is 0.334. The Morgan fingerprint density at radius 3 is 2.29 bits per heavy atom. The highest BCUT2D eigenvalue weighted by molar-refractivity contribution is 5.87. The summed E-state index contributed by atoms with van der Waals surface area (Å²) in [6.07, 6.45) is -0.445. The minimum atomic E-state index is -1.35. The predicted octanol–water partition coefficient (Wildman–Crippen LogP) is 0.797. The van der Waals surface area contributed by atoms with Crippen LogP contribution >= 0.6 is 0 Å². The van der Waals surface area contributed by atoms with Crippen molar-refractivity contribution in [3.63, 3.8) is 0 Å². The number of rotatable bonds is 4. The summed E-state index contributed by atoms with van der Waals surface area (Å²) in [5, 5.41) is 9.47. The third kappa shape index (κ3) is 3.89. The van der Waals surface area contributed by atoms with E-state index in [1.54, 1.807) is 20.8 Å². The van der Waals surface area contributed by atoms with Crippen LogP contribution in [-0.4, -0.2) is 22.9 Å². The van der Waals surface area contributed by atoms with Crippen LogP contribution in [-0.2, 0) is 9.53 Å². The molecule has 0 radical (unpaired) electrons. The molecule has 3 N–H and O–H groups in total. The van der Waals surface area contributed by atoms with Gasteiger partial charge in [-0.15, -0.1) is 0 Å². The van der Waals surface area contributed by atoms with Gasteiger partial charge in [-0.25, -0.2) is 4.79 Å². The Morgan fingerprint density at radius 2 is 2.00 bits per heavy atom. The first-order valence-corrected chi connectivity index (χ1v) is 4.54. The Bertz CT molecular complexity index is 230. The maximum atomic E-state index is 11.1. The monoisotopic (exact) mass is 201 g/mol. The number of ether oxygens (including phenoxy) is 1. The van der Waals surface area contributed by atoms with Crippen molar-refractivity contribution in [2.75, 3.05) is 0 Å². The van der Waals surface area contributed by atoms with Crippen LogP contribution in [0.5, 0.6) is 0 Å². The molecule has 0 heterocycles. The fourth-order valence-electron chi connectivity index (χ4n) is 0.847. The van der Waals surface area contributed by atoms with Crippen molar-refractivity contribution < 1.29 is 14.6 Å². The summed E-state index contributed by atoms with van der Waals surface area (Å²) in [5.41, 5.74) is 4.46. The smallest absolute Gasteiger partial charge is 0.333 e. The average molecular weight is 201 g/mol. The van der Waals surface area contributed by atoms with Crippen molar-refractivity contribution in [2.45, 2.75) is 39.5 Å². The van der Waals surface area contributed by atoms with Gasteiger partial charge in [-0.3, -0.25) is 0 Å². The summed E-state index contributed by atoms with van der Waals surface area (Å²) in [6, 6.07) is 0. The van der Waals surface area contributed by atoms with E-state index in [0.717, 1.165) is 0 Å². The van der Waals surface area contributed by atoms with E-state index in [4.69, 9.17) is 10.5 Å². The number of aliphatic hydroxyl groups is 1. The SMILES string of the molecule is C=C(C)C(=O)OC(C)C(C)C(C)(N)O. The molecule has 0 aromatic carbocycles. The summed E-state index contributed by atoms with van der Waals surface area (Å²) >= 11 is 0. The zero-order valence-electron chi connectivity index (χ0n) is 9.20. The molecule has 0 aliphatic rings. The lowest BCUT2D eigenvalue weighted by molar-refractivity contribution is -0.150. The second-order valence-corrected chi connectivity index (χ2v) is 3.91. The fourth-order valence-corrected chi connectivity index (χ4v) is 0.847. The molecule has 0 aromatic heterocycles. The van der Waals surface area contributed by atoms with Crippen molar-refractivity contribution in [1.82, 2.24) is 0 Å². The third-order valence-corrected chi connectivity index (χ3v) is 2.27. The lowest BCUT2D eigenvalue weighted by atomic mass is 9.95. The van der Waals surface area contributed by atoms with E-state index in [2.05, 4.69) is 6.58 Å². The van der Waals surface area contributed by atoms with Gasteiger partial charge in [0.15, 0.2) is 0 Å². The van der Waals surface area contributed by atoms with E-state index >= 15 is 0 Å². The van der Waals surface area contributed by atoms with Gasteiger partial charge in [0.2, 0.25) is 0 Å². The molecule has 82 valence electrons. The summed E-state index contributed by atoms with van der Waals surface area (Å²) < 4.78 is 5.02. The lowest BCUT2D eigenvalue weighted by Gasteiger charge is -2.30. The molecule has 0 fully saturated rings. The maximum absolute atomic E-state index is 11.1. The normalized spacial score (nSPS) is 19.3. The molecule has 0 aromatic rings. The van der Waals surface area contributed by atoms with Crippen molar-refractivity contribution >= 4 is 5.97 Å². The van der Waals surface area contributed by atoms with E-state index in [0.29, 0.717) is 5.57 Å². The zero-order valence-corrected chi connectivity index (χ0v) is 9.20. The summed E-state index contributed by atoms with van der Waals surface area (Å²) in [5.74, 6) is -0.806. The molecule has 3 unspecified atom stereocenters. The zero-order chi connectivity index (χ0) is 11.5. The number of nitrogens with two attached hydrogens (primary N) is 1. The van der Waals surface area contributed by atoms with E-state index in [-0.39, 0.29) is 5.92 Å². The van der Waals surface area contributed by atoms with Crippen LogP contribution in [0.2, 0.25) is 0 Å². The molecule has 0 saturated carbocycles. The quantitative estimate of drug-likeness (QED) is 0.401. The Hall–Kier alpha value is -0.870. The van der Waals surface area contributed by atoms with Crippen LogP contribution in [0.4, 0.5) is 0 Å². The average Bonchev–Trinajstić information content (AvgIpc) is 2.00. The molecule has 0 rings (SSSR count). The fraction of sp³-hybridized carbons (Fsp3) is 0.700. The predicted molar refractivity (Wildman–Crippen MR) is 54.3 cm³/mol. The van der Waals surface area contributed by atoms with Crippen LogP contribution in [0.25, 0.3) is 0 Å². The lowest BCUT2D eigenvalue weighted by Crippen LogP contribution is -2.48. The van der Waals surface area contributed by atoms with Gasteiger partial charge in [0, 0.05) is 11.5 Å². The topological polar surface area (TPSA) is 72.5 Å². The van der Waals surface area contributed by atoms with Crippen LogP contribution < -0.4 is 5.73 Å². The van der Waals surface area contributed by atoms with Gasteiger partial charge in [0.05, 0.1) is 0 Å². The van der Waals surface area contributed by atoms with E-state index in [1.807, 2.05) is 0 Å². The highest BCUT2D eigenvalue weighted by Crippen LogP contribution is 2.18. The van der Waals surface area contributed by atoms with Gasteiger partial charge in [-0.05, 0) is 20.8 Å². The summed E-state index contributed by atoms with van der Waals surface area (Å²) in [4.78, 5) is 11.1. The van der Waals surface area contributed by atoms with Gasteiger partial charge in [0.25, 0.3) is 0 Å². The molecule has 0 amide bonds. The largest absolute Gasteiger partial charge is 0.459 e. The van der Waals surface area contributed by atoms with Gasteiger partial charge < -0.3 is 15.6 Å². The van der Waals surface area contributed by atoms with Crippen molar-refractivity contribution in [1.29, 1.82) is 0 Å². The Labute approximate surface area is 84.7 Å². The van der Waals surface area contributed by atoms with E-state index in [1.165, 1.54) is 6.92 Å². The highest BCUT2D eigenvalue weighted by atomic mass is 16.5. The molecule has 4 nitrogen and oxygen atoms in total. The van der Waals surface area contributed by atoms with Gasteiger partial charge in [-0.2, -0.15) is 0 Å². The number of carbonyl (C=O) groups is 1. The van der Waals surface area contributed by atoms with Crippen LogP contribution in [0.15, 0.2) is 12.2 Å². The first-order chi connectivity index (χ1) is 6.16. The minimum Gasteiger partial charge on any atom is -0.459 e. The Morgan fingerprint density at radius 1 is 1.57 bits per heavy atom. The molecular weight excluding hydrogens is 182 g/mol. The molecule has 0 aliphatic carbocycles. The maximum Gasteiger partial charge on any atom is 0.333 e. The third-order valence-electron chi connectivity index (χ3n) is 2.27. The molecule has 0 saturated heterocycles. The van der Waals surface area contributed by atoms with Gasteiger partial charge >= 0.3 is 5.97 Å². The molecule has 3 atom stereocenters. The Balaban J connectivity index is 4.29. The standard InChI is InChI=1S/C10H19NO3/c1-6(2)9(12)14-8(4)7(3)10(5,11)13/h7-8,13H,1,11H2,2-5H3. The summed E-state index contributed by atoms with van der Waals surface area (Å²) in [7, 11) is 0. The second-order valence-electron chi connectivity index (χ2n) is 3.91. The highest BCUT2D eigenvalue weighted by Gasteiger charge is 2.30. The van der Waals surface area contributed by atoms with Crippen molar-refractivity contribution in [3.05, 3.63) is 12.2 Å². The van der Waals surface area contributed by atoms with Gasteiger partial charge in [-0.1, -0.05) is 13.5 Å². The number of hydrogen-bond acceptors (Lipinski definition) is 4. The first-order valence-electron chi connectivity index (χ1n) is 4.54. The first kappa shape index (κ1) is 13.1. The van der Waals surface area contributed by atoms with Crippen LogP contribution in [0.1, 0.15) is 27.7 Å². The summed E-state index contributed by atoms with van der Waals surface area (Å²) in [6.45, 7) is 9.91. The number of carbonyl (C=O) groups excluding carboxylic acids is 1. The van der Waals surface area contributed by atoms with Crippen LogP contribution in [0, 0.1) is 5.92 Å². The molecule has 4 heteroatoms. The van der Waals surface area contributed by atoms with Crippen molar-refractivity contribution in [2.24, 2.45) is 11.7 Å². The number of hydrogen-bond donors (Lipinski definition) is 2. The van der Waals surface area contributed by atoms with E-state index < -0.39 is 17.8 Å². The van der Waals surface area contributed by atoms with Crippen molar-refractivity contribution in [3.8, 4) is 0 Å². The second kappa shape index (κ2) is 4.57. The molecule has 0 aliphatic heterocycles. The van der Waals surface area contributed by atoms with E-state index in [9.17, 15) is 9.90 Å². The molecular formula is C10H19NO3. The molecule has 0 spiro atoms. The van der Waals surface area contributed by atoms with Crippen LogP contribution in [0.3, 0.4) is 0 Å². The molecule has 14 heavy (non-hydrogen) atoms. The molecule has 0 bridgehead atoms. The number of esters is 1.